The van der Waals surface area contributed by atoms with Gasteiger partial charge < -0.3 is 0 Å². The zero-order valence-electron chi connectivity index (χ0n) is 14.3. The van der Waals surface area contributed by atoms with Crippen LogP contribution in [-0.4, -0.2) is 0 Å². The van der Waals surface area contributed by atoms with Crippen LogP contribution in [0, 0.1) is 29.1 Å². The van der Waals surface area contributed by atoms with E-state index in [9.17, 15) is 0 Å². The summed E-state index contributed by atoms with van der Waals surface area (Å²) >= 11 is 0. The standard InChI is InChI=1S/C18H38/c1-14(2)13-17(6)16(5)11-9-10-12-18(7,8)15(3)4/h14-17H,9-13H2,1-8H3. The van der Waals surface area contributed by atoms with E-state index < -0.39 is 0 Å². The molecule has 0 nitrogen and oxygen atoms in total. The van der Waals surface area contributed by atoms with Gasteiger partial charge in [-0.25, -0.2) is 0 Å². The molecule has 0 aromatic carbocycles. The smallest absolute Gasteiger partial charge is 0.0331 e. The summed E-state index contributed by atoms with van der Waals surface area (Å²) in [7, 11) is 0. The van der Waals surface area contributed by atoms with Gasteiger partial charge in [-0.05, 0) is 41.9 Å². The molecule has 110 valence electrons. The van der Waals surface area contributed by atoms with E-state index in [1.807, 2.05) is 0 Å². The molecule has 0 fully saturated rings. The summed E-state index contributed by atoms with van der Waals surface area (Å²) in [5.41, 5.74) is 0.521. The molecule has 0 spiro atoms. The first kappa shape index (κ1) is 18.0. The van der Waals surface area contributed by atoms with Gasteiger partial charge in [0.05, 0.1) is 0 Å². The first-order valence-electron chi connectivity index (χ1n) is 8.16. The highest BCUT2D eigenvalue weighted by Gasteiger charge is 2.21. The van der Waals surface area contributed by atoms with Gasteiger partial charge in [-0.1, -0.05) is 74.7 Å². The van der Waals surface area contributed by atoms with Crippen LogP contribution in [0.2, 0.25) is 0 Å². The third-order valence-corrected chi connectivity index (χ3v) is 5.11. The largest absolute Gasteiger partial charge is 0.0628 e. The molecule has 0 aromatic heterocycles. The topological polar surface area (TPSA) is 0 Å². The van der Waals surface area contributed by atoms with Gasteiger partial charge >= 0.3 is 0 Å². The maximum atomic E-state index is 2.45. The van der Waals surface area contributed by atoms with Gasteiger partial charge in [0, 0.05) is 0 Å². The first-order chi connectivity index (χ1) is 8.16. The second-order valence-electron chi connectivity index (χ2n) is 7.97. The minimum atomic E-state index is 0.521. The van der Waals surface area contributed by atoms with Crippen LogP contribution in [0.4, 0.5) is 0 Å². The van der Waals surface area contributed by atoms with Crippen molar-refractivity contribution in [3.63, 3.8) is 0 Å². The number of unbranched alkanes of at least 4 members (excludes halogenated alkanes) is 1. The number of hydrogen-bond acceptors (Lipinski definition) is 0. The fourth-order valence-electron chi connectivity index (χ4n) is 2.60. The second-order valence-corrected chi connectivity index (χ2v) is 7.97. The molecule has 0 heteroatoms. The molecule has 0 bridgehead atoms. The molecule has 0 aliphatic carbocycles. The molecule has 0 rings (SSSR count). The molecule has 18 heavy (non-hydrogen) atoms. The van der Waals surface area contributed by atoms with Crippen LogP contribution in [0.25, 0.3) is 0 Å². The SMILES string of the molecule is CC(C)CC(C)C(C)CCCCC(C)(C)C(C)C. The van der Waals surface area contributed by atoms with Crippen LogP contribution in [-0.2, 0) is 0 Å². The molecule has 0 aromatic rings. The Kier molecular flexibility index (Phi) is 8.23. The Morgan fingerprint density at radius 1 is 0.778 bits per heavy atom. The van der Waals surface area contributed by atoms with E-state index in [4.69, 9.17) is 0 Å². The van der Waals surface area contributed by atoms with Crippen molar-refractivity contribution in [2.75, 3.05) is 0 Å². The Morgan fingerprint density at radius 3 is 1.78 bits per heavy atom. The summed E-state index contributed by atoms with van der Waals surface area (Å²) in [6.45, 7) is 19.1. The molecule has 0 saturated heterocycles. The Balaban J connectivity index is 3.78. The quantitative estimate of drug-likeness (QED) is 0.409. The molecule has 0 aliphatic rings. The van der Waals surface area contributed by atoms with Gasteiger partial charge in [0.25, 0.3) is 0 Å². The average Bonchev–Trinajstić information content (AvgIpc) is 2.22. The lowest BCUT2D eigenvalue weighted by molar-refractivity contribution is 0.215. The van der Waals surface area contributed by atoms with Crippen LogP contribution >= 0.6 is 0 Å². The molecular formula is C18H38. The molecule has 0 aliphatic heterocycles. The van der Waals surface area contributed by atoms with Crippen LogP contribution in [0.1, 0.15) is 87.5 Å². The summed E-state index contributed by atoms with van der Waals surface area (Å²) < 4.78 is 0. The second kappa shape index (κ2) is 8.23. The molecule has 0 radical (unpaired) electrons. The molecule has 0 N–H and O–H groups in total. The number of rotatable bonds is 9. The third-order valence-electron chi connectivity index (χ3n) is 5.11. The molecule has 0 saturated carbocycles. The Morgan fingerprint density at radius 2 is 1.33 bits per heavy atom. The average molecular weight is 255 g/mol. The van der Waals surface area contributed by atoms with Crippen LogP contribution < -0.4 is 0 Å². The van der Waals surface area contributed by atoms with Gasteiger partial charge in [0.2, 0.25) is 0 Å². The number of hydrogen-bond donors (Lipinski definition) is 0. The van der Waals surface area contributed by atoms with Crippen molar-refractivity contribution in [3.8, 4) is 0 Å². The maximum absolute atomic E-state index is 2.45. The van der Waals surface area contributed by atoms with Crippen molar-refractivity contribution < 1.29 is 0 Å². The normalized spacial score (nSPS) is 16.3. The van der Waals surface area contributed by atoms with Gasteiger partial charge in [0.1, 0.15) is 0 Å². The summed E-state index contributed by atoms with van der Waals surface area (Å²) in [4.78, 5) is 0. The minimum Gasteiger partial charge on any atom is -0.0628 e. The summed E-state index contributed by atoms with van der Waals surface area (Å²) in [5, 5.41) is 0. The minimum absolute atomic E-state index is 0.521. The molecular weight excluding hydrogens is 216 g/mol. The lowest BCUT2D eigenvalue weighted by atomic mass is 9.76. The highest BCUT2D eigenvalue weighted by molar-refractivity contribution is 4.72. The summed E-state index contributed by atoms with van der Waals surface area (Å²) in [5.74, 6) is 3.44. The Labute approximate surface area is 117 Å². The van der Waals surface area contributed by atoms with E-state index in [1.165, 1.54) is 32.1 Å². The van der Waals surface area contributed by atoms with E-state index in [2.05, 4.69) is 55.4 Å². The van der Waals surface area contributed by atoms with E-state index in [1.54, 1.807) is 0 Å². The summed E-state index contributed by atoms with van der Waals surface area (Å²) in [6, 6.07) is 0. The van der Waals surface area contributed by atoms with Crippen molar-refractivity contribution in [2.45, 2.75) is 87.5 Å². The van der Waals surface area contributed by atoms with E-state index in [-0.39, 0.29) is 0 Å². The Hall–Kier alpha value is 0. The van der Waals surface area contributed by atoms with E-state index >= 15 is 0 Å². The van der Waals surface area contributed by atoms with E-state index in [0.717, 1.165) is 23.7 Å². The molecule has 0 amide bonds. The van der Waals surface area contributed by atoms with Crippen LogP contribution in [0.3, 0.4) is 0 Å². The maximum Gasteiger partial charge on any atom is -0.0331 e. The highest BCUT2D eigenvalue weighted by atomic mass is 14.3. The molecule has 2 unspecified atom stereocenters. The lowest BCUT2D eigenvalue weighted by Crippen LogP contribution is -2.19. The van der Waals surface area contributed by atoms with Crippen molar-refractivity contribution in [1.29, 1.82) is 0 Å². The summed E-state index contributed by atoms with van der Waals surface area (Å²) in [6.07, 6.45) is 7.01. The van der Waals surface area contributed by atoms with Crippen LogP contribution in [0.5, 0.6) is 0 Å². The fourth-order valence-corrected chi connectivity index (χ4v) is 2.60. The zero-order chi connectivity index (χ0) is 14.3. The third kappa shape index (κ3) is 7.44. The van der Waals surface area contributed by atoms with Crippen molar-refractivity contribution in [2.24, 2.45) is 29.1 Å². The van der Waals surface area contributed by atoms with Gasteiger partial charge in [0.15, 0.2) is 0 Å². The fraction of sp³-hybridized carbons (Fsp3) is 1.00. The molecule has 2 atom stereocenters. The predicted octanol–water partition coefficient (Wildman–Crippen LogP) is 6.55. The highest BCUT2D eigenvalue weighted by Crippen LogP contribution is 2.33. The van der Waals surface area contributed by atoms with Crippen molar-refractivity contribution >= 4 is 0 Å². The monoisotopic (exact) mass is 254 g/mol. The predicted molar refractivity (Wildman–Crippen MR) is 84.9 cm³/mol. The van der Waals surface area contributed by atoms with Gasteiger partial charge in [-0.2, -0.15) is 0 Å². The van der Waals surface area contributed by atoms with Gasteiger partial charge in [-0.15, -0.1) is 0 Å². The zero-order valence-corrected chi connectivity index (χ0v) is 14.3. The van der Waals surface area contributed by atoms with Crippen LogP contribution in [0.15, 0.2) is 0 Å². The van der Waals surface area contributed by atoms with E-state index in [0.29, 0.717) is 5.41 Å². The van der Waals surface area contributed by atoms with Crippen molar-refractivity contribution in [3.05, 3.63) is 0 Å². The Bertz CT molecular complexity index is 200. The first-order valence-corrected chi connectivity index (χ1v) is 8.16. The molecule has 0 heterocycles. The van der Waals surface area contributed by atoms with Crippen molar-refractivity contribution in [1.82, 2.24) is 0 Å². The lowest BCUT2D eigenvalue weighted by Gasteiger charge is -2.29. The van der Waals surface area contributed by atoms with Gasteiger partial charge in [-0.3, -0.25) is 0 Å².